The van der Waals surface area contributed by atoms with Gasteiger partial charge in [-0.05, 0) is 29.8 Å². The van der Waals surface area contributed by atoms with Gasteiger partial charge in [-0.25, -0.2) is 9.78 Å². The molecule has 1 aromatic heterocycles. The van der Waals surface area contributed by atoms with Crippen molar-refractivity contribution >= 4 is 11.7 Å². The molecule has 7 rings (SSSR count). The van der Waals surface area contributed by atoms with Crippen molar-refractivity contribution in [3.63, 3.8) is 0 Å². The highest BCUT2D eigenvalue weighted by atomic mass is 16.5. The maximum absolute atomic E-state index is 13.6. The third-order valence-corrected chi connectivity index (χ3v) is 7.83. The Balaban J connectivity index is 1.17. The predicted octanol–water partition coefficient (Wildman–Crippen LogP) is 5.85. The number of aromatic nitrogens is 1. The van der Waals surface area contributed by atoms with Crippen LogP contribution in [-0.2, 0) is 16.1 Å². The first-order chi connectivity index (χ1) is 18.2. The Morgan fingerprint density at radius 1 is 0.946 bits per heavy atom. The van der Waals surface area contributed by atoms with E-state index in [4.69, 9.17) is 14.1 Å². The largest absolute Gasteiger partial charge is 0.454 e. The maximum atomic E-state index is 13.6. The minimum atomic E-state index is -0.559. The molecule has 2 atom stereocenters. The summed E-state index contributed by atoms with van der Waals surface area (Å²) in [7, 11) is 0. The van der Waals surface area contributed by atoms with E-state index >= 15 is 0 Å². The number of carbonyl (C=O) groups excluding carboxylic acids is 1. The fourth-order valence-corrected chi connectivity index (χ4v) is 5.86. The molecule has 3 aliphatic heterocycles. The number of oxazole rings is 1. The minimum absolute atomic E-state index is 0.0979. The topological polar surface area (TPSA) is 64.4 Å². The second-order valence-corrected chi connectivity index (χ2v) is 10.3. The molecule has 6 nitrogen and oxygen atoms in total. The molecule has 0 spiro atoms. The van der Waals surface area contributed by atoms with E-state index in [0.717, 1.165) is 66.0 Å². The van der Waals surface area contributed by atoms with Gasteiger partial charge < -0.3 is 19.0 Å². The van der Waals surface area contributed by atoms with E-state index in [2.05, 4.69) is 5.32 Å². The van der Waals surface area contributed by atoms with Crippen LogP contribution < -0.4 is 5.32 Å². The summed E-state index contributed by atoms with van der Waals surface area (Å²) in [5, 5.41) is 3.39. The predicted molar refractivity (Wildman–Crippen MR) is 142 cm³/mol. The number of para-hydroxylation sites is 1. The van der Waals surface area contributed by atoms with E-state index in [1.165, 1.54) is 0 Å². The highest BCUT2D eigenvalue weighted by Gasteiger charge is 2.48. The highest BCUT2D eigenvalue weighted by Crippen LogP contribution is 2.38. The summed E-state index contributed by atoms with van der Waals surface area (Å²) in [6.07, 6.45) is 3.80. The van der Waals surface area contributed by atoms with Gasteiger partial charge in [-0.3, -0.25) is 0 Å². The average molecular weight is 495 g/mol. The zero-order chi connectivity index (χ0) is 25.1. The first-order valence-corrected chi connectivity index (χ1v) is 13.1. The van der Waals surface area contributed by atoms with Crippen LogP contribution in [0.2, 0.25) is 0 Å². The molecule has 188 valence electrons. The van der Waals surface area contributed by atoms with Gasteiger partial charge in [0, 0.05) is 30.0 Å². The molecule has 0 amide bonds. The summed E-state index contributed by atoms with van der Waals surface area (Å²) in [5.74, 6) is 0.843. The molecule has 3 aromatic carbocycles. The number of carbonyl (C=O) groups is 1. The number of nitrogens with one attached hydrogen (secondary N) is 1. The Morgan fingerprint density at radius 3 is 2.30 bits per heavy atom. The fourth-order valence-electron chi connectivity index (χ4n) is 5.86. The van der Waals surface area contributed by atoms with Crippen LogP contribution >= 0.6 is 0 Å². The zero-order valence-electron chi connectivity index (χ0n) is 20.8. The molecule has 2 bridgehead atoms. The van der Waals surface area contributed by atoms with Gasteiger partial charge >= 0.3 is 5.97 Å². The van der Waals surface area contributed by atoms with Gasteiger partial charge in [0.1, 0.15) is 25.0 Å². The molecule has 0 unspecified atom stereocenters. The third kappa shape index (κ3) is 5.16. The lowest BCUT2D eigenvalue weighted by molar-refractivity contribution is -0.958. The molecule has 0 saturated carbocycles. The lowest BCUT2D eigenvalue weighted by Gasteiger charge is -2.51. The Morgan fingerprint density at radius 2 is 1.59 bits per heavy atom. The van der Waals surface area contributed by atoms with Gasteiger partial charge in [0.05, 0.1) is 13.1 Å². The first-order valence-electron chi connectivity index (χ1n) is 13.1. The summed E-state index contributed by atoms with van der Waals surface area (Å²) >= 11 is 0. The van der Waals surface area contributed by atoms with Crippen LogP contribution in [0, 0.1) is 5.92 Å². The molecule has 0 aliphatic carbocycles. The summed E-state index contributed by atoms with van der Waals surface area (Å²) in [6.45, 7) is 3.77. The molecule has 3 fully saturated rings. The monoisotopic (exact) mass is 494 g/mol. The SMILES string of the molecule is O=C(O[C@H]1C[N+]2(Cc3coc(-c4ccccc4)n3)CCC1CC2)[C@H](Nc1ccccc1)c1ccccc1. The normalized spacial score (nSPS) is 23.4. The van der Waals surface area contributed by atoms with Gasteiger partial charge in [-0.15, -0.1) is 0 Å². The maximum Gasteiger partial charge on any atom is 0.333 e. The molecule has 4 aromatic rings. The highest BCUT2D eigenvalue weighted by molar-refractivity contribution is 5.81. The van der Waals surface area contributed by atoms with Gasteiger partial charge in [0.2, 0.25) is 5.89 Å². The van der Waals surface area contributed by atoms with Crippen LogP contribution in [0.15, 0.2) is 102 Å². The summed E-state index contributed by atoms with van der Waals surface area (Å²) in [4.78, 5) is 18.4. The van der Waals surface area contributed by atoms with E-state index in [1.807, 2.05) is 91.0 Å². The number of hydrogen-bond acceptors (Lipinski definition) is 5. The van der Waals surface area contributed by atoms with Crippen LogP contribution in [0.4, 0.5) is 5.69 Å². The van der Waals surface area contributed by atoms with Gasteiger partial charge in [-0.1, -0.05) is 66.7 Å². The molecular formula is C31H32N3O3+. The summed E-state index contributed by atoms with van der Waals surface area (Å²) in [5.41, 5.74) is 3.73. The number of quaternary nitrogens is 1. The number of fused-ring (bicyclic) bond motifs is 3. The van der Waals surface area contributed by atoms with E-state index in [9.17, 15) is 4.79 Å². The molecule has 37 heavy (non-hydrogen) atoms. The van der Waals surface area contributed by atoms with Crippen molar-refractivity contribution in [3.05, 3.63) is 109 Å². The van der Waals surface area contributed by atoms with Crippen molar-refractivity contribution < 1.29 is 18.4 Å². The van der Waals surface area contributed by atoms with E-state index in [-0.39, 0.29) is 12.1 Å². The molecule has 1 N–H and O–H groups in total. The van der Waals surface area contributed by atoms with Crippen molar-refractivity contribution in [1.29, 1.82) is 0 Å². The Bertz CT molecular complexity index is 1320. The number of anilines is 1. The van der Waals surface area contributed by atoms with Crippen LogP contribution in [0.3, 0.4) is 0 Å². The summed E-state index contributed by atoms with van der Waals surface area (Å²) < 4.78 is 13.0. The Labute approximate surface area is 217 Å². The van der Waals surface area contributed by atoms with Gasteiger partial charge in [0.15, 0.2) is 12.1 Å². The van der Waals surface area contributed by atoms with Crippen molar-refractivity contribution in [2.24, 2.45) is 5.92 Å². The second-order valence-electron chi connectivity index (χ2n) is 10.3. The summed E-state index contributed by atoms with van der Waals surface area (Å²) in [6, 6.07) is 29.1. The van der Waals surface area contributed by atoms with Crippen molar-refractivity contribution in [1.82, 2.24) is 4.98 Å². The van der Waals surface area contributed by atoms with E-state index in [0.29, 0.717) is 11.8 Å². The van der Waals surface area contributed by atoms with Crippen LogP contribution in [0.5, 0.6) is 0 Å². The van der Waals surface area contributed by atoms with E-state index < -0.39 is 6.04 Å². The lowest BCUT2D eigenvalue weighted by atomic mass is 9.83. The number of rotatable bonds is 8. The molecule has 0 radical (unpaired) electrons. The van der Waals surface area contributed by atoms with Crippen LogP contribution in [-0.4, -0.2) is 41.2 Å². The smallest absolute Gasteiger partial charge is 0.333 e. The molecule has 3 aliphatic rings. The van der Waals surface area contributed by atoms with Gasteiger partial charge in [0.25, 0.3) is 0 Å². The number of piperidine rings is 3. The quantitative estimate of drug-likeness (QED) is 0.246. The zero-order valence-corrected chi connectivity index (χ0v) is 20.8. The molecule has 6 heteroatoms. The molecule has 4 heterocycles. The second kappa shape index (κ2) is 10.2. The van der Waals surface area contributed by atoms with Crippen molar-refractivity contribution in [2.45, 2.75) is 31.5 Å². The minimum Gasteiger partial charge on any atom is -0.454 e. The number of ether oxygens (including phenoxy) is 1. The lowest BCUT2D eigenvalue weighted by Crippen LogP contribution is -2.64. The number of hydrogen-bond donors (Lipinski definition) is 1. The van der Waals surface area contributed by atoms with Crippen LogP contribution in [0.25, 0.3) is 11.5 Å². The van der Waals surface area contributed by atoms with Crippen LogP contribution in [0.1, 0.15) is 30.1 Å². The molecular weight excluding hydrogens is 462 g/mol. The van der Waals surface area contributed by atoms with Crippen molar-refractivity contribution in [3.8, 4) is 11.5 Å². The number of nitrogens with zero attached hydrogens (tertiary/aromatic N) is 2. The third-order valence-electron chi connectivity index (χ3n) is 7.83. The fraction of sp³-hybridized carbons (Fsp3) is 0.290. The standard InChI is InChI=1S/C31H32N3O3/c35-31(29(24-10-4-1-5-11-24)32-26-14-8-3-9-15-26)37-28-21-34(18-16-23(28)17-19-34)20-27-22-36-30(33-27)25-12-6-2-7-13-25/h1-15,22-23,28-29,32H,16-21H2/q+1/t23?,28-,29+,34?/m0/s1. The first kappa shape index (κ1) is 23.5. The number of benzene rings is 3. The Kier molecular flexibility index (Phi) is 6.49. The van der Waals surface area contributed by atoms with Gasteiger partial charge in [-0.2, -0.15) is 0 Å². The molecule has 3 saturated heterocycles. The number of esters is 1. The average Bonchev–Trinajstić information content (AvgIpc) is 3.41. The van der Waals surface area contributed by atoms with Crippen molar-refractivity contribution in [2.75, 3.05) is 25.0 Å². The Hall–Kier alpha value is -3.90. The van der Waals surface area contributed by atoms with E-state index in [1.54, 1.807) is 6.26 Å².